The van der Waals surface area contributed by atoms with Gasteiger partial charge in [0.05, 0.1) is 6.10 Å². The summed E-state index contributed by atoms with van der Waals surface area (Å²) in [7, 11) is 2.03. The molecule has 1 saturated heterocycles. The number of amides is 1. The molecule has 3 unspecified atom stereocenters. The molecule has 1 aliphatic heterocycles. The Labute approximate surface area is 147 Å². The molecule has 1 N–H and O–H groups in total. The number of carbonyl (C=O) groups excluding carboxylic acids is 1. The number of hydrogen-bond acceptors (Lipinski definition) is 3. The van der Waals surface area contributed by atoms with Crippen molar-refractivity contribution in [2.24, 2.45) is 11.3 Å². The highest BCUT2D eigenvalue weighted by Crippen LogP contribution is 2.56. The maximum Gasteiger partial charge on any atom is 0.222 e. The molecule has 1 spiro atoms. The zero-order valence-corrected chi connectivity index (χ0v) is 15.5. The first-order chi connectivity index (χ1) is 10.7. The van der Waals surface area contributed by atoms with Gasteiger partial charge < -0.3 is 15.0 Å². The Hall–Kier alpha value is -0.320. The van der Waals surface area contributed by atoms with E-state index in [4.69, 9.17) is 4.74 Å². The SMILES string of the molecule is CCOC1CC(N(C)C(=O)CCC2CCNC2)C12CCCC2.Cl. The quantitative estimate of drug-likeness (QED) is 0.805. The maximum absolute atomic E-state index is 12.6. The van der Waals surface area contributed by atoms with Crippen LogP contribution in [0.4, 0.5) is 0 Å². The fourth-order valence-electron chi connectivity index (χ4n) is 5.03. The van der Waals surface area contributed by atoms with E-state index >= 15 is 0 Å². The largest absolute Gasteiger partial charge is 0.378 e. The lowest BCUT2D eigenvalue weighted by Gasteiger charge is -2.57. The number of carbonyl (C=O) groups is 1. The zero-order valence-electron chi connectivity index (χ0n) is 14.7. The summed E-state index contributed by atoms with van der Waals surface area (Å²) in [5.74, 6) is 1.05. The standard InChI is InChI=1S/C18H32N2O2.ClH/c1-3-22-16-12-15(18(16)9-4-5-10-18)20(2)17(21)7-6-14-8-11-19-13-14;/h14-16,19H,3-13H2,1-2H3;1H. The highest BCUT2D eigenvalue weighted by molar-refractivity contribution is 5.85. The Kier molecular flexibility index (Phi) is 6.76. The fraction of sp³-hybridized carbons (Fsp3) is 0.944. The van der Waals surface area contributed by atoms with Gasteiger partial charge in [-0.2, -0.15) is 0 Å². The van der Waals surface area contributed by atoms with Crippen molar-refractivity contribution in [2.75, 3.05) is 26.7 Å². The Bertz CT molecular complexity index is 392. The van der Waals surface area contributed by atoms with Gasteiger partial charge in [0.1, 0.15) is 0 Å². The number of rotatable bonds is 6. The zero-order chi connectivity index (χ0) is 15.6. The van der Waals surface area contributed by atoms with Gasteiger partial charge in [-0.05, 0) is 58.0 Å². The molecule has 134 valence electrons. The van der Waals surface area contributed by atoms with Crippen LogP contribution in [0.3, 0.4) is 0 Å². The topological polar surface area (TPSA) is 41.6 Å². The Balaban J connectivity index is 0.00000192. The number of nitrogens with one attached hydrogen (secondary N) is 1. The van der Waals surface area contributed by atoms with Gasteiger partial charge in [0.15, 0.2) is 0 Å². The molecule has 0 aromatic rings. The van der Waals surface area contributed by atoms with Gasteiger partial charge >= 0.3 is 0 Å². The van der Waals surface area contributed by atoms with E-state index in [0.29, 0.717) is 30.4 Å². The lowest BCUT2D eigenvalue weighted by atomic mass is 9.60. The van der Waals surface area contributed by atoms with Crippen molar-refractivity contribution in [3.63, 3.8) is 0 Å². The predicted molar refractivity (Wildman–Crippen MR) is 94.9 cm³/mol. The molecule has 0 radical (unpaired) electrons. The number of nitrogens with zero attached hydrogens (tertiary/aromatic N) is 1. The van der Waals surface area contributed by atoms with Crippen LogP contribution >= 0.6 is 12.4 Å². The van der Waals surface area contributed by atoms with Crippen LogP contribution in [0.25, 0.3) is 0 Å². The van der Waals surface area contributed by atoms with Gasteiger partial charge in [0, 0.05) is 31.5 Å². The summed E-state index contributed by atoms with van der Waals surface area (Å²) >= 11 is 0. The third-order valence-electron chi connectivity index (χ3n) is 6.43. The van der Waals surface area contributed by atoms with Crippen molar-refractivity contribution in [3.8, 4) is 0 Å². The van der Waals surface area contributed by atoms with Crippen molar-refractivity contribution in [1.82, 2.24) is 10.2 Å². The van der Waals surface area contributed by atoms with E-state index in [1.54, 1.807) is 0 Å². The van der Waals surface area contributed by atoms with Gasteiger partial charge in [0.2, 0.25) is 5.91 Å². The van der Waals surface area contributed by atoms with Crippen LogP contribution < -0.4 is 5.32 Å². The lowest BCUT2D eigenvalue weighted by Crippen LogP contribution is -2.64. The van der Waals surface area contributed by atoms with Crippen molar-refractivity contribution in [2.45, 2.75) is 70.4 Å². The monoisotopic (exact) mass is 344 g/mol. The smallest absolute Gasteiger partial charge is 0.222 e. The Morgan fingerprint density at radius 1 is 1.35 bits per heavy atom. The molecule has 5 heteroatoms. The maximum atomic E-state index is 12.6. The molecule has 3 rings (SSSR count). The van der Waals surface area contributed by atoms with Gasteiger partial charge in [-0.15, -0.1) is 12.4 Å². The third kappa shape index (κ3) is 3.69. The van der Waals surface area contributed by atoms with Gasteiger partial charge in [-0.25, -0.2) is 0 Å². The van der Waals surface area contributed by atoms with Crippen LogP contribution in [0.2, 0.25) is 0 Å². The predicted octanol–water partition coefficient (Wildman–Crippen LogP) is 2.99. The molecule has 3 atom stereocenters. The molecule has 0 bridgehead atoms. The van der Waals surface area contributed by atoms with Crippen LogP contribution in [-0.4, -0.2) is 49.7 Å². The van der Waals surface area contributed by atoms with E-state index in [2.05, 4.69) is 17.1 Å². The minimum Gasteiger partial charge on any atom is -0.378 e. The molecular weight excluding hydrogens is 312 g/mol. The van der Waals surface area contributed by atoms with Crippen LogP contribution in [0.5, 0.6) is 0 Å². The van der Waals surface area contributed by atoms with Crippen molar-refractivity contribution >= 4 is 18.3 Å². The second-order valence-electron chi connectivity index (χ2n) is 7.54. The highest BCUT2D eigenvalue weighted by Gasteiger charge is 2.58. The van der Waals surface area contributed by atoms with Gasteiger partial charge in [-0.3, -0.25) is 4.79 Å². The summed E-state index contributed by atoms with van der Waals surface area (Å²) in [6.45, 7) is 5.10. The first-order valence-corrected chi connectivity index (χ1v) is 9.25. The first-order valence-electron chi connectivity index (χ1n) is 9.25. The summed E-state index contributed by atoms with van der Waals surface area (Å²) in [6.07, 6.45) is 9.52. The second-order valence-corrected chi connectivity index (χ2v) is 7.54. The molecule has 2 saturated carbocycles. The molecule has 2 aliphatic carbocycles. The van der Waals surface area contributed by atoms with E-state index in [-0.39, 0.29) is 17.8 Å². The molecule has 1 heterocycles. The molecule has 3 fully saturated rings. The van der Waals surface area contributed by atoms with Crippen molar-refractivity contribution < 1.29 is 9.53 Å². The van der Waals surface area contributed by atoms with Crippen LogP contribution in [0, 0.1) is 11.3 Å². The van der Waals surface area contributed by atoms with Gasteiger partial charge in [0.25, 0.3) is 0 Å². The Morgan fingerprint density at radius 2 is 2.09 bits per heavy atom. The van der Waals surface area contributed by atoms with E-state index in [9.17, 15) is 4.79 Å². The first kappa shape index (κ1) is 19.0. The van der Waals surface area contributed by atoms with Crippen molar-refractivity contribution in [3.05, 3.63) is 0 Å². The Morgan fingerprint density at radius 3 is 2.70 bits per heavy atom. The van der Waals surface area contributed by atoms with Crippen molar-refractivity contribution in [1.29, 1.82) is 0 Å². The fourth-order valence-corrected chi connectivity index (χ4v) is 5.03. The third-order valence-corrected chi connectivity index (χ3v) is 6.43. The lowest BCUT2D eigenvalue weighted by molar-refractivity contribution is -0.172. The van der Waals surface area contributed by atoms with E-state index < -0.39 is 0 Å². The summed E-state index contributed by atoms with van der Waals surface area (Å²) in [6, 6.07) is 0.417. The van der Waals surface area contributed by atoms with Crippen LogP contribution in [0.1, 0.15) is 58.3 Å². The summed E-state index contributed by atoms with van der Waals surface area (Å²) in [5, 5.41) is 3.39. The van der Waals surface area contributed by atoms with Crippen LogP contribution in [-0.2, 0) is 9.53 Å². The average Bonchev–Trinajstić information content (AvgIpc) is 3.20. The molecule has 1 amide bonds. The molecule has 23 heavy (non-hydrogen) atoms. The second kappa shape index (κ2) is 8.17. The molecule has 0 aromatic heterocycles. The number of halogens is 1. The summed E-state index contributed by atoms with van der Waals surface area (Å²) in [5.41, 5.74) is 0.273. The summed E-state index contributed by atoms with van der Waals surface area (Å²) < 4.78 is 5.97. The van der Waals surface area contributed by atoms with Crippen LogP contribution in [0.15, 0.2) is 0 Å². The van der Waals surface area contributed by atoms with E-state index in [0.717, 1.165) is 32.5 Å². The van der Waals surface area contributed by atoms with Gasteiger partial charge in [-0.1, -0.05) is 12.8 Å². The van der Waals surface area contributed by atoms with E-state index in [1.807, 2.05) is 7.05 Å². The molecule has 0 aromatic carbocycles. The minimum atomic E-state index is 0. The highest BCUT2D eigenvalue weighted by atomic mass is 35.5. The average molecular weight is 345 g/mol. The normalized spacial score (nSPS) is 31.7. The summed E-state index contributed by atoms with van der Waals surface area (Å²) in [4.78, 5) is 14.7. The van der Waals surface area contributed by atoms with E-state index in [1.165, 1.54) is 32.1 Å². The number of hydrogen-bond donors (Lipinski definition) is 1. The molecule has 4 nitrogen and oxygen atoms in total. The molecular formula is C18H33ClN2O2. The molecule has 3 aliphatic rings. The number of ether oxygens (including phenoxy) is 1. The minimum absolute atomic E-state index is 0.